The molecule has 0 aliphatic rings. The van der Waals surface area contributed by atoms with Crippen molar-refractivity contribution in [1.29, 1.82) is 0 Å². The average Bonchev–Trinajstić information content (AvgIpc) is 2.29. The van der Waals surface area contributed by atoms with Gasteiger partial charge in [-0.25, -0.2) is 9.97 Å². The molecule has 15 heavy (non-hydrogen) atoms. The van der Waals surface area contributed by atoms with Crippen LogP contribution in [0.4, 0.5) is 5.82 Å². The Morgan fingerprint density at radius 1 is 1.27 bits per heavy atom. The van der Waals surface area contributed by atoms with Gasteiger partial charge >= 0.3 is 0 Å². The Hall–Kier alpha value is -0.640. The Balaban J connectivity index is 2.88. The first-order valence-corrected chi connectivity index (χ1v) is 6.20. The molecule has 0 fully saturated rings. The largest absolute Gasteiger partial charge is 0.364 e. The summed E-state index contributed by atoms with van der Waals surface area (Å²) in [5, 5.41) is 3.51. The van der Waals surface area contributed by atoms with E-state index in [4.69, 9.17) is 0 Å². The Morgan fingerprint density at radius 3 is 2.33 bits per heavy atom. The predicted molar refractivity (Wildman–Crippen MR) is 67.0 cm³/mol. The van der Waals surface area contributed by atoms with Gasteiger partial charge in [0.2, 0.25) is 0 Å². The van der Waals surface area contributed by atoms with Gasteiger partial charge in [-0.3, -0.25) is 0 Å². The van der Waals surface area contributed by atoms with Gasteiger partial charge in [-0.05, 0) is 35.2 Å². The van der Waals surface area contributed by atoms with Gasteiger partial charge in [-0.2, -0.15) is 0 Å². The molecule has 1 aromatic heterocycles. The molecule has 4 heteroatoms. The zero-order chi connectivity index (χ0) is 11.3. The molecule has 84 valence electrons. The van der Waals surface area contributed by atoms with Crippen LogP contribution in [0.1, 0.15) is 40.0 Å². The number of hydrogen-bond donors (Lipinski definition) is 1. The van der Waals surface area contributed by atoms with E-state index in [0.29, 0.717) is 0 Å². The van der Waals surface area contributed by atoms with Crippen LogP contribution in [-0.2, 0) is 0 Å². The van der Waals surface area contributed by atoms with Gasteiger partial charge in [-0.15, -0.1) is 0 Å². The number of aromatic nitrogens is 2. The third kappa shape index (κ3) is 2.91. The number of nitrogens with one attached hydrogen (secondary N) is 1. The van der Waals surface area contributed by atoms with Gasteiger partial charge < -0.3 is 5.32 Å². The zero-order valence-corrected chi connectivity index (χ0v) is 11.1. The maximum atomic E-state index is 4.24. The number of rotatable bonds is 5. The van der Waals surface area contributed by atoms with E-state index in [1.807, 2.05) is 0 Å². The van der Waals surface area contributed by atoms with E-state index in [0.717, 1.165) is 29.6 Å². The monoisotopic (exact) mass is 271 g/mol. The van der Waals surface area contributed by atoms with Crippen molar-refractivity contribution in [3.63, 3.8) is 0 Å². The Bertz CT molecular complexity index is 302. The first-order chi connectivity index (χ1) is 7.17. The third-order valence-corrected chi connectivity index (χ3v) is 3.66. The lowest BCUT2D eigenvalue weighted by atomic mass is 9.90. The predicted octanol–water partition coefficient (Wildman–Crippen LogP) is 3.62. The summed E-state index contributed by atoms with van der Waals surface area (Å²) in [5.41, 5.74) is 0.150. The van der Waals surface area contributed by atoms with Crippen molar-refractivity contribution in [2.24, 2.45) is 0 Å². The molecule has 0 saturated heterocycles. The van der Waals surface area contributed by atoms with Crippen molar-refractivity contribution in [2.45, 2.75) is 45.6 Å². The first kappa shape index (κ1) is 12.4. The molecule has 0 radical (unpaired) electrons. The van der Waals surface area contributed by atoms with E-state index in [9.17, 15) is 0 Å². The molecule has 1 N–H and O–H groups in total. The van der Waals surface area contributed by atoms with Crippen LogP contribution in [0.3, 0.4) is 0 Å². The minimum absolute atomic E-state index is 0.150. The molecule has 3 nitrogen and oxygen atoms in total. The number of nitrogens with zero attached hydrogens (tertiary/aromatic N) is 2. The molecule has 0 unspecified atom stereocenters. The fraction of sp³-hybridized carbons (Fsp3) is 0.636. The van der Waals surface area contributed by atoms with E-state index >= 15 is 0 Å². The zero-order valence-electron chi connectivity index (χ0n) is 9.55. The summed E-state index contributed by atoms with van der Waals surface area (Å²) in [5.74, 6) is 0.885. The molecule has 0 bridgehead atoms. The van der Waals surface area contributed by atoms with Crippen molar-refractivity contribution < 1.29 is 0 Å². The van der Waals surface area contributed by atoms with Crippen LogP contribution in [0.2, 0.25) is 0 Å². The molecule has 1 rings (SSSR count). The van der Waals surface area contributed by atoms with Crippen molar-refractivity contribution in [1.82, 2.24) is 9.97 Å². The molecule has 0 amide bonds. The number of halogens is 1. The number of hydrogen-bond acceptors (Lipinski definition) is 3. The Morgan fingerprint density at radius 2 is 1.87 bits per heavy atom. The van der Waals surface area contributed by atoms with Crippen LogP contribution in [0.15, 0.2) is 17.0 Å². The highest BCUT2D eigenvalue weighted by molar-refractivity contribution is 9.10. The molecular weight excluding hydrogens is 254 g/mol. The number of anilines is 1. The molecule has 0 saturated carbocycles. The molecular formula is C11H18BrN3. The minimum atomic E-state index is 0.150. The molecule has 0 aromatic carbocycles. The molecule has 1 heterocycles. The van der Waals surface area contributed by atoms with E-state index in [1.165, 1.54) is 0 Å². The normalized spacial score (nSPS) is 11.5. The van der Waals surface area contributed by atoms with Crippen molar-refractivity contribution in [2.75, 3.05) is 5.32 Å². The first-order valence-electron chi connectivity index (χ1n) is 5.41. The van der Waals surface area contributed by atoms with Gasteiger partial charge in [-0.1, -0.05) is 20.8 Å². The summed E-state index contributed by atoms with van der Waals surface area (Å²) in [7, 11) is 0. The SMILES string of the molecule is CCC(CC)(CC)Nc1ncncc1Br. The summed E-state index contributed by atoms with van der Waals surface area (Å²) < 4.78 is 0.921. The lowest BCUT2D eigenvalue weighted by molar-refractivity contribution is 0.418. The standard InChI is InChI=1S/C11H18BrN3/c1-4-11(5-2,6-3)15-10-9(12)7-13-8-14-10/h7-8H,4-6H2,1-3H3,(H,13,14,15). The van der Waals surface area contributed by atoms with E-state index in [-0.39, 0.29) is 5.54 Å². The van der Waals surface area contributed by atoms with Crippen LogP contribution in [0.25, 0.3) is 0 Å². The van der Waals surface area contributed by atoms with E-state index < -0.39 is 0 Å². The Labute approximate surface area is 99.8 Å². The quantitative estimate of drug-likeness (QED) is 0.889. The maximum Gasteiger partial charge on any atom is 0.144 e. The summed E-state index contributed by atoms with van der Waals surface area (Å²) in [4.78, 5) is 8.19. The third-order valence-electron chi connectivity index (χ3n) is 3.08. The average molecular weight is 272 g/mol. The molecule has 0 aliphatic carbocycles. The Kier molecular flexibility index (Phi) is 4.51. The molecule has 1 aromatic rings. The molecule has 0 atom stereocenters. The lowest BCUT2D eigenvalue weighted by Crippen LogP contribution is -2.36. The lowest BCUT2D eigenvalue weighted by Gasteiger charge is -2.32. The van der Waals surface area contributed by atoms with Gasteiger partial charge in [0.15, 0.2) is 0 Å². The highest BCUT2D eigenvalue weighted by Crippen LogP contribution is 2.27. The van der Waals surface area contributed by atoms with Crippen LogP contribution in [-0.4, -0.2) is 15.5 Å². The highest BCUT2D eigenvalue weighted by atomic mass is 79.9. The summed E-state index contributed by atoms with van der Waals surface area (Å²) in [6.45, 7) is 6.61. The van der Waals surface area contributed by atoms with Crippen LogP contribution >= 0.6 is 15.9 Å². The van der Waals surface area contributed by atoms with Crippen molar-refractivity contribution >= 4 is 21.7 Å². The minimum Gasteiger partial charge on any atom is -0.364 e. The topological polar surface area (TPSA) is 37.8 Å². The maximum absolute atomic E-state index is 4.24. The second-order valence-electron chi connectivity index (χ2n) is 3.69. The van der Waals surface area contributed by atoms with E-state index in [2.05, 4.69) is 52.0 Å². The second kappa shape index (κ2) is 5.45. The van der Waals surface area contributed by atoms with E-state index in [1.54, 1.807) is 12.5 Å². The second-order valence-corrected chi connectivity index (χ2v) is 4.54. The summed E-state index contributed by atoms with van der Waals surface area (Å²) in [6.07, 6.45) is 6.61. The fourth-order valence-electron chi connectivity index (χ4n) is 1.67. The molecule has 0 aliphatic heterocycles. The van der Waals surface area contributed by atoms with Crippen molar-refractivity contribution in [3.8, 4) is 0 Å². The van der Waals surface area contributed by atoms with Crippen molar-refractivity contribution in [3.05, 3.63) is 17.0 Å². The smallest absolute Gasteiger partial charge is 0.144 e. The van der Waals surface area contributed by atoms with Gasteiger partial charge in [0.05, 0.1) is 4.47 Å². The molecule has 0 spiro atoms. The van der Waals surface area contributed by atoms with Crippen LogP contribution in [0.5, 0.6) is 0 Å². The van der Waals surface area contributed by atoms with Gasteiger partial charge in [0.1, 0.15) is 12.1 Å². The van der Waals surface area contributed by atoms with Gasteiger partial charge in [0, 0.05) is 11.7 Å². The van der Waals surface area contributed by atoms with Crippen LogP contribution in [0, 0.1) is 0 Å². The summed E-state index contributed by atoms with van der Waals surface area (Å²) >= 11 is 3.45. The van der Waals surface area contributed by atoms with Crippen LogP contribution < -0.4 is 5.32 Å². The highest BCUT2D eigenvalue weighted by Gasteiger charge is 2.24. The fourth-order valence-corrected chi connectivity index (χ4v) is 1.99. The van der Waals surface area contributed by atoms with Gasteiger partial charge in [0.25, 0.3) is 0 Å². The summed E-state index contributed by atoms with van der Waals surface area (Å²) in [6, 6.07) is 0.